The normalized spacial score (nSPS) is 20.0. The number of pyridine rings is 1. The number of rotatable bonds is 4. The molecule has 0 bridgehead atoms. The SMILES string of the molecule is CCC1(C(=O)c2cccc(-c3cccnc3)c2C)COC(C)=N1. The molecule has 118 valence electrons. The first-order valence-corrected chi connectivity index (χ1v) is 7.81. The van der Waals surface area contributed by atoms with Crippen molar-refractivity contribution < 1.29 is 9.53 Å². The van der Waals surface area contributed by atoms with Gasteiger partial charge in [0.15, 0.2) is 17.2 Å². The van der Waals surface area contributed by atoms with Crippen LogP contribution >= 0.6 is 0 Å². The van der Waals surface area contributed by atoms with E-state index in [-0.39, 0.29) is 5.78 Å². The fourth-order valence-electron chi connectivity index (χ4n) is 3.01. The van der Waals surface area contributed by atoms with Crippen LogP contribution < -0.4 is 0 Å². The maximum atomic E-state index is 13.1. The van der Waals surface area contributed by atoms with Crippen LogP contribution in [0.5, 0.6) is 0 Å². The Labute approximate surface area is 136 Å². The Morgan fingerprint density at radius 3 is 2.70 bits per heavy atom. The van der Waals surface area contributed by atoms with Crippen molar-refractivity contribution in [3.63, 3.8) is 0 Å². The molecule has 3 rings (SSSR count). The minimum Gasteiger partial charge on any atom is -0.478 e. The summed E-state index contributed by atoms with van der Waals surface area (Å²) >= 11 is 0. The van der Waals surface area contributed by atoms with Crippen molar-refractivity contribution in [2.24, 2.45) is 4.99 Å². The second-order valence-corrected chi connectivity index (χ2v) is 5.85. The van der Waals surface area contributed by atoms with E-state index in [4.69, 9.17) is 4.74 Å². The van der Waals surface area contributed by atoms with Crippen LogP contribution in [0.4, 0.5) is 0 Å². The molecule has 0 aliphatic carbocycles. The van der Waals surface area contributed by atoms with Crippen LogP contribution in [0.1, 0.15) is 36.2 Å². The number of Topliss-reactive ketones (excluding diaryl/α,β-unsaturated/α-hetero) is 1. The molecular weight excluding hydrogens is 288 g/mol. The molecular formula is C19H20N2O2. The van der Waals surface area contributed by atoms with Crippen molar-refractivity contribution in [2.45, 2.75) is 32.7 Å². The molecule has 2 heterocycles. The fourth-order valence-corrected chi connectivity index (χ4v) is 3.01. The molecule has 1 aliphatic heterocycles. The average Bonchev–Trinajstić information content (AvgIpc) is 2.98. The summed E-state index contributed by atoms with van der Waals surface area (Å²) in [5.74, 6) is 0.612. The minimum atomic E-state index is -0.789. The summed E-state index contributed by atoms with van der Waals surface area (Å²) in [7, 11) is 0. The van der Waals surface area contributed by atoms with Crippen LogP contribution in [-0.2, 0) is 4.74 Å². The smallest absolute Gasteiger partial charge is 0.194 e. The van der Waals surface area contributed by atoms with E-state index < -0.39 is 5.54 Å². The molecule has 0 amide bonds. The van der Waals surface area contributed by atoms with Crippen molar-refractivity contribution in [2.75, 3.05) is 6.61 Å². The number of benzene rings is 1. The van der Waals surface area contributed by atoms with Crippen LogP contribution in [0, 0.1) is 6.92 Å². The highest BCUT2D eigenvalue weighted by Gasteiger charge is 2.42. The fraction of sp³-hybridized carbons (Fsp3) is 0.316. The van der Waals surface area contributed by atoms with Crippen LogP contribution in [0.15, 0.2) is 47.7 Å². The first-order chi connectivity index (χ1) is 11.1. The highest BCUT2D eigenvalue weighted by atomic mass is 16.5. The zero-order valence-electron chi connectivity index (χ0n) is 13.7. The number of nitrogens with zero attached hydrogens (tertiary/aromatic N) is 2. The van der Waals surface area contributed by atoms with Crippen molar-refractivity contribution in [1.82, 2.24) is 4.98 Å². The molecule has 0 saturated heterocycles. The van der Waals surface area contributed by atoms with Crippen molar-refractivity contribution in [1.29, 1.82) is 0 Å². The first kappa shape index (κ1) is 15.4. The van der Waals surface area contributed by atoms with Gasteiger partial charge in [0, 0.05) is 30.4 Å². The molecule has 1 unspecified atom stereocenters. The average molecular weight is 308 g/mol. The predicted molar refractivity (Wildman–Crippen MR) is 90.8 cm³/mol. The van der Waals surface area contributed by atoms with Gasteiger partial charge in [0.2, 0.25) is 0 Å². The topological polar surface area (TPSA) is 51.5 Å². The van der Waals surface area contributed by atoms with Crippen LogP contribution in [0.2, 0.25) is 0 Å². The van der Waals surface area contributed by atoms with Gasteiger partial charge in [0.05, 0.1) is 0 Å². The molecule has 0 N–H and O–H groups in total. The van der Waals surface area contributed by atoms with Gasteiger partial charge >= 0.3 is 0 Å². The second-order valence-electron chi connectivity index (χ2n) is 5.85. The third-order valence-corrected chi connectivity index (χ3v) is 4.45. The van der Waals surface area contributed by atoms with E-state index in [0.717, 1.165) is 16.7 Å². The number of carbonyl (C=O) groups is 1. The molecule has 0 spiro atoms. The van der Waals surface area contributed by atoms with Gasteiger partial charge in [-0.2, -0.15) is 0 Å². The minimum absolute atomic E-state index is 0.0279. The number of hydrogen-bond acceptors (Lipinski definition) is 4. The van der Waals surface area contributed by atoms with E-state index in [0.29, 0.717) is 24.5 Å². The van der Waals surface area contributed by atoms with E-state index in [9.17, 15) is 4.79 Å². The van der Waals surface area contributed by atoms with E-state index in [2.05, 4.69) is 9.98 Å². The Balaban J connectivity index is 2.06. The Kier molecular flexibility index (Phi) is 3.99. The highest BCUT2D eigenvalue weighted by Crippen LogP contribution is 2.32. The number of ether oxygens (including phenoxy) is 1. The molecule has 0 radical (unpaired) electrons. The lowest BCUT2D eigenvalue weighted by Crippen LogP contribution is -2.38. The quantitative estimate of drug-likeness (QED) is 0.806. The molecule has 1 aromatic carbocycles. The maximum Gasteiger partial charge on any atom is 0.194 e. The summed E-state index contributed by atoms with van der Waals surface area (Å²) < 4.78 is 5.48. The van der Waals surface area contributed by atoms with Crippen LogP contribution in [0.3, 0.4) is 0 Å². The first-order valence-electron chi connectivity index (χ1n) is 7.81. The van der Waals surface area contributed by atoms with Gasteiger partial charge < -0.3 is 4.74 Å². The molecule has 4 nitrogen and oxygen atoms in total. The summed E-state index contributed by atoms with van der Waals surface area (Å²) in [6.45, 7) is 6.07. The van der Waals surface area contributed by atoms with E-state index in [1.165, 1.54) is 0 Å². The van der Waals surface area contributed by atoms with Gasteiger partial charge in [0.1, 0.15) is 6.61 Å². The number of hydrogen-bond donors (Lipinski definition) is 0. The molecule has 1 atom stereocenters. The number of carbonyl (C=O) groups excluding carboxylic acids is 1. The number of ketones is 1. The summed E-state index contributed by atoms with van der Waals surface area (Å²) in [6, 6.07) is 9.70. The van der Waals surface area contributed by atoms with Gasteiger partial charge in [0.25, 0.3) is 0 Å². The van der Waals surface area contributed by atoms with Crippen LogP contribution in [-0.4, -0.2) is 28.8 Å². The molecule has 2 aromatic rings. The number of aromatic nitrogens is 1. The molecule has 1 aliphatic rings. The standard InChI is InChI=1S/C19H20N2O2/c1-4-19(12-23-14(3)21-19)18(22)17-9-5-8-16(13(17)2)15-7-6-10-20-11-15/h5-11H,4,12H2,1-3H3. The largest absolute Gasteiger partial charge is 0.478 e. The molecule has 0 saturated carbocycles. The Bertz CT molecular complexity index is 768. The third-order valence-electron chi connectivity index (χ3n) is 4.45. The van der Waals surface area contributed by atoms with Crippen LogP contribution in [0.25, 0.3) is 11.1 Å². The Hall–Kier alpha value is -2.49. The molecule has 4 heteroatoms. The van der Waals surface area contributed by atoms with E-state index >= 15 is 0 Å². The van der Waals surface area contributed by atoms with Gasteiger partial charge in [-0.15, -0.1) is 0 Å². The van der Waals surface area contributed by atoms with E-state index in [1.54, 1.807) is 13.1 Å². The number of aliphatic imine (C=N–C) groups is 1. The summed E-state index contributed by atoms with van der Waals surface area (Å²) in [4.78, 5) is 21.8. The maximum absolute atomic E-state index is 13.1. The summed E-state index contributed by atoms with van der Waals surface area (Å²) in [5.41, 5.74) is 2.90. The van der Waals surface area contributed by atoms with Crippen molar-refractivity contribution >= 4 is 11.7 Å². The zero-order valence-corrected chi connectivity index (χ0v) is 13.7. The lowest BCUT2D eigenvalue weighted by Gasteiger charge is -2.22. The molecule has 23 heavy (non-hydrogen) atoms. The third kappa shape index (κ3) is 2.65. The molecule has 0 fully saturated rings. The Morgan fingerprint density at radius 1 is 1.26 bits per heavy atom. The van der Waals surface area contributed by atoms with Crippen molar-refractivity contribution in [3.8, 4) is 11.1 Å². The summed E-state index contributed by atoms with van der Waals surface area (Å²) in [5, 5.41) is 0. The summed E-state index contributed by atoms with van der Waals surface area (Å²) in [6.07, 6.45) is 4.18. The lowest BCUT2D eigenvalue weighted by atomic mass is 9.85. The van der Waals surface area contributed by atoms with Gasteiger partial charge in [-0.3, -0.25) is 9.78 Å². The van der Waals surface area contributed by atoms with Gasteiger partial charge in [-0.25, -0.2) is 4.99 Å². The monoisotopic (exact) mass is 308 g/mol. The molecule has 1 aromatic heterocycles. The second kappa shape index (κ2) is 5.95. The Morgan fingerprint density at radius 2 is 2.09 bits per heavy atom. The zero-order chi connectivity index (χ0) is 16.4. The lowest BCUT2D eigenvalue weighted by molar-refractivity contribution is 0.0854. The van der Waals surface area contributed by atoms with Gasteiger partial charge in [-0.1, -0.05) is 31.2 Å². The van der Waals surface area contributed by atoms with Crippen molar-refractivity contribution in [3.05, 3.63) is 53.9 Å². The van der Waals surface area contributed by atoms with E-state index in [1.807, 2.05) is 50.4 Å². The van der Waals surface area contributed by atoms with Gasteiger partial charge in [-0.05, 0) is 30.5 Å². The highest BCUT2D eigenvalue weighted by molar-refractivity contribution is 6.07. The predicted octanol–water partition coefficient (Wildman–Crippen LogP) is 3.84.